The Labute approximate surface area is 155 Å². The molecule has 3 rings (SSSR count). The number of aryl methyl sites for hydroxylation is 1. The van der Waals surface area contributed by atoms with Crippen molar-refractivity contribution in [2.45, 2.75) is 44.0 Å². The van der Waals surface area contributed by atoms with Crippen LogP contribution < -0.4 is 4.31 Å². The van der Waals surface area contributed by atoms with Gasteiger partial charge in [-0.05, 0) is 36.6 Å². The zero-order valence-corrected chi connectivity index (χ0v) is 16.2. The van der Waals surface area contributed by atoms with E-state index in [0.717, 1.165) is 28.8 Å². The monoisotopic (exact) mass is 372 g/mol. The zero-order chi connectivity index (χ0) is 18.9. The summed E-state index contributed by atoms with van der Waals surface area (Å²) < 4.78 is 29.0. The van der Waals surface area contributed by atoms with E-state index in [1.165, 1.54) is 10.5 Å². The molecule has 5 nitrogen and oxygen atoms in total. The molecule has 0 amide bonds. The summed E-state index contributed by atoms with van der Waals surface area (Å²) >= 11 is 0. The Morgan fingerprint density at radius 1 is 1.08 bits per heavy atom. The maximum atomic E-state index is 13.4. The largest absolute Gasteiger partial charge is 0.623 e. The highest BCUT2D eigenvalue weighted by molar-refractivity contribution is 7.93. The van der Waals surface area contributed by atoms with Gasteiger partial charge in [-0.2, -0.15) is 0 Å². The molecule has 0 radical (unpaired) electrons. The van der Waals surface area contributed by atoms with Gasteiger partial charge in [-0.3, -0.25) is 4.31 Å². The fraction of sp³-hybridized carbons (Fsp3) is 0.350. The van der Waals surface area contributed by atoms with Gasteiger partial charge in [-0.25, -0.2) is 13.2 Å². The number of anilines is 1. The molecule has 6 heteroatoms. The number of hydroxylamine groups is 1. The van der Waals surface area contributed by atoms with E-state index in [1.807, 2.05) is 24.3 Å². The fourth-order valence-electron chi connectivity index (χ4n) is 3.01. The van der Waals surface area contributed by atoms with Gasteiger partial charge in [0.1, 0.15) is 4.90 Å². The number of fused-ring (bicyclic) bond motifs is 1. The van der Waals surface area contributed by atoms with E-state index >= 15 is 0 Å². The molecule has 0 spiro atoms. The number of rotatable bonds is 3. The van der Waals surface area contributed by atoms with Gasteiger partial charge in [-0.1, -0.05) is 30.3 Å². The van der Waals surface area contributed by atoms with Crippen molar-refractivity contribution < 1.29 is 13.2 Å². The Morgan fingerprint density at radius 2 is 1.73 bits per heavy atom. The minimum absolute atomic E-state index is 0.154. The molecule has 2 aromatic rings. The van der Waals surface area contributed by atoms with Gasteiger partial charge in [0.2, 0.25) is 0 Å². The molecule has 0 N–H and O–H groups in total. The molecule has 0 unspecified atom stereocenters. The van der Waals surface area contributed by atoms with Crippen LogP contribution in [0.5, 0.6) is 0 Å². The highest BCUT2D eigenvalue weighted by Crippen LogP contribution is 2.32. The molecule has 26 heavy (non-hydrogen) atoms. The second-order valence-electron chi connectivity index (χ2n) is 7.47. The molecule has 0 aliphatic carbocycles. The van der Waals surface area contributed by atoms with Crippen LogP contribution in [0.1, 0.15) is 38.3 Å². The number of benzene rings is 2. The summed E-state index contributed by atoms with van der Waals surface area (Å²) in [5.74, 6) is 0. The maximum Gasteiger partial charge on any atom is 0.265 e. The summed E-state index contributed by atoms with van der Waals surface area (Å²) in [5.41, 5.74) is 1.52. The molecule has 0 saturated heterocycles. The molecule has 1 heterocycles. The quantitative estimate of drug-likeness (QED) is 0.358. The molecule has 0 saturated carbocycles. The molecular weight excluding hydrogens is 348 g/mol. The van der Waals surface area contributed by atoms with Crippen LogP contribution in [0.25, 0.3) is 0 Å². The summed E-state index contributed by atoms with van der Waals surface area (Å²) in [4.78, 5) is 0.154. The van der Waals surface area contributed by atoms with Gasteiger partial charge >= 0.3 is 0 Å². The third-order valence-electron chi connectivity index (χ3n) is 4.47. The van der Waals surface area contributed by atoms with Crippen LogP contribution in [-0.2, 0) is 16.4 Å². The van der Waals surface area contributed by atoms with Crippen LogP contribution >= 0.6 is 0 Å². The van der Waals surface area contributed by atoms with E-state index < -0.39 is 15.6 Å². The van der Waals surface area contributed by atoms with Crippen LogP contribution in [0.3, 0.4) is 0 Å². The average molecular weight is 372 g/mol. The average Bonchev–Trinajstić information content (AvgIpc) is 2.60. The Balaban J connectivity index is 2.11. The first-order chi connectivity index (χ1) is 12.2. The van der Waals surface area contributed by atoms with Gasteiger partial charge in [0, 0.05) is 27.3 Å². The van der Waals surface area contributed by atoms with Crippen molar-refractivity contribution in [2.75, 3.05) is 10.8 Å². The van der Waals surface area contributed by atoms with Crippen molar-refractivity contribution in [2.24, 2.45) is 0 Å². The lowest BCUT2D eigenvalue weighted by Gasteiger charge is -2.30. The Bertz CT molecular complexity index is 944. The molecule has 0 bridgehead atoms. The minimum atomic E-state index is -3.76. The highest BCUT2D eigenvalue weighted by Gasteiger charge is 2.31. The number of nitrogens with zero attached hydrogens (tertiary/aromatic N) is 2. The Morgan fingerprint density at radius 3 is 2.46 bits per heavy atom. The van der Waals surface area contributed by atoms with E-state index in [4.69, 9.17) is 0 Å². The van der Waals surface area contributed by atoms with Gasteiger partial charge in [0.15, 0.2) is 11.8 Å². The van der Waals surface area contributed by atoms with Crippen LogP contribution in [0.2, 0.25) is 0 Å². The Kier molecular flexibility index (Phi) is 4.80. The molecule has 0 fully saturated rings. The standard InChI is InChI=1S/C20H24N2O3S/c1-20(2,3)22(23)15-17-10-5-7-13-19(17)26(24,25)21-14-8-11-16-9-4-6-12-18(16)21/h4-7,9-10,12-13,15H,8,11,14H2,1-3H3. The second-order valence-corrected chi connectivity index (χ2v) is 9.30. The minimum Gasteiger partial charge on any atom is -0.623 e. The van der Waals surface area contributed by atoms with E-state index in [0.29, 0.717) is 12.1 Å². The first-order valence-corrected chi connectivity index (χ1v) is 10.2. The van der Waals surface area contributed by atoms with E-state index in [2.05, 4.69) is 0 Å². The summed E-state index contributed by atoms with van der Waals surface area (Å²) in [6.07, 6.45) is 3.01. The van der Waals surface area contributed by atoms with E-state index in [-0.39, 0.29) is 4.90 Å². The topological polar surface area (TPSA) is 63.5 Å². The number of hydrogen-bond acceptors (Lipinski definition) is 3. The Hall–Kier alpha value is -2.34. The van der Waals surface area contributed by atoms with Gasteiger partial charge in [0.25, 0.3) is 10.0 Å². The summed E-state index contributed by atoms with van der Waals surface area (Å²) in [7, 11) is -3.76. The third kappa shape index (κ3) is 3.46. The van der Waals surface area contributed by atoms with Crippen molar-refractivity contribution in [1.82, 2.24) is 0 Å². The first kappa shape index (κ1) is 18.5. The summed E-state index contributed by atoms with van der Waals surface area (Å²) in [5, 5.41) is 12.3. The third-order valence-corrected chi connectivity index (χ3v) is 6.36. The van der Waals surface area contributed by atoms with Crippen molar-refractivity contribution in [3.63, 3.8) is 0 Å². The van der Waals surface area contributed by atoms with E-state index in [9.17, 15) is 13.6 Å². The molecule has 1 aliphatic heterocycles. The molecule has 138 valence electrons. The lowest BCUT2D eigenvalue weighted by atomic mass is 10.0. The predicted octanol–water partition coefficient (Wildman–Crippen LogP) is 3.56. The van der Waals surface area contributed by atoms with Gasteiger partial charge < -0.3 is 5.21 Å². The van der Waals surface area contributed by atoms with Crippen molar-refractivity contribution in [3.05, 3.63) is 64.9 Å². The molecule has 2 aromatic carbocycles. The molecule has 0 aromatic heterocycles. The molecular formula is C20H24N2O3S. The summed E-state index contributed by atoms with van der Waals surface area (Å²) in [6.45, 7) is 5.80. The second kappa shape index (κ2) is 6.76. The number of hydrogen-bond donors (Lipinski definition) is 0. The fourth-order valence-corrected chi connectivity index (χ4v) is 4.72. The lowest BCUT2D eigenvalue weighted by Crippen LogP contribution is -2.36. The SMILES string of the molecule is CC(C)(C)[N+]([O-])=Cc1ccccc1S(=O)(=O)N1CCCc2ccccc21. The van der Waals surface area contributed by atoms with Crippen molar-refractivity contribution in [1.29, 1.82) is 0 Å². The smallest absolute Gasteiger partial charge is 0.265 e. The summed E-state index contributed by atoms with van der Waals surface area (Å²) in [6, 6.07) is 14.2. The van der Waals surface area contributed by atoms with Crippen LogP contribution in [0.4, 0.5) is 5.69 Å². The van der Waals surface area contributed by atoms with Gasteiger partial charge in [0.05, 0.1) is 11.3 Å². The zero-order valence-electron chi connectivity index (χ0n) is 15.3. The first-order valence-electron chi connectivity index (χ1n) is 8.72. The normalized spacial score (nSPS) is 15.7. The predicted molar refractivity (Wildman–Crippen MR) is 104 cm³/mol. The van der Waals surface area contributed by atoms with Crippen LogP contribution in [0.15, 0.2) is 53.4 Å². The van der Waals surface area contributed by atoms with Gasteiger partial charge in [-0.15, -0.1) is 0 Å². The van der Waals surface area contributed by atoms with Crippen molar-refractivity contribution >= 4 is 21.9 Å². The maximum absolute atomic E-state index is 13.4. The lowest BCUT2D eigenvalue weighted by molar-refractivity contribution is -0.530. The van der Waals surface area contributed by atoms with Crippen LogP contribution in [-0.4, -0.2) is 31.5 Å². The molecule has 1 aliphatic rings. The molecule has 0 atom stereocenters. The van der Waals surface area contributed by atoms with E-state index in [1.54, 1.807) is 45.0 Å². The number of sulfonamides is 1. The highest BCUT2D eigenvalue weighted by atomic mass is 32.2. The van der Waals surface area contributed by atoms with Crippen LogP contribution in [0, 0.1) is 5.21 Å². The number of para-hydroxylation sites is 1. The van der Waals surface area contributed by atoms with Crippen molar-refractivity contribution in [3.8, 4) is 0 Å².